The van der Waals surface area contributed by atoms with Crippen molar-refractivity contribution >= 4 is 23.5 Å². The number of benzene rings is 1. The van der Waals surface area contributed by atoms with Gasteiger partial charge in [0, 0.05) is 30.1 Å². The fourth-order valence-corrected chi connectivity index (χ4v) is 2.30. The zero-order valence-electron chi connectivity index (χ0n) is 14.3. The van der Waals surface area contributed by atoms with Gasteiger partial charge < -0.3 is 9.80 Å². The second kappa shape index (κ2) is 8.47. The van der Waals surface area contributed by atoms with Gasteiger partial charge in [-0.2, -0.15) is 0 Å². The lowest BCUT2D eigenvalue weighted by atomic mass is 9.87. The SMILES string of the molecule is CN(C)CCN(C)CC(C)(C)C(=O)C=Cc1ccc(Cl)cc1. The van der Waals surface area contributed by atoms with Crippen LogP contribution in [0.4, 0.5) is 0 Å². The van der Waals surface area contributed by atoms with Crippen LogP contribution in [0.1, 0.15) is 19.4 Å². The molecule has 0 aliphatic rings. The van der Waals surface area contributed by atoms with E-state index in [0.29, 0.717) is 5.02 Å². The van der Waals surface area contributed by atoms with Crippen molar-refractivity contribution < 1.29 is 4.79 Å². The summed E-state index contributed by atoms with van der Waals surface area (Å²) in [5.74, 6) is 0.138. The second-order valence-corrected chi connectivity index (χ2v) is 7.11. The van der Waals surface area contributed by atoms with Gasteiger partial charge in [0.05, 0.1) is 0 Å². The molecule has 0 amide bonds. The molecule has 0 aromatic heterocycles. The van der Waals surface area contributed by atoms with Gasteiger partial charge in [-0.05, 0) is 44.9 Å². The Hall–Kier alpha value is -1.16. The van der Waals surface area contributed by atoms with Gasteiger partial charge in [0.15, 0.2) is 5.78 Å². The molecular formula is C18H27ClN2O. The average molecular weight is 323 g/mol. The Morgan fingerprint density at radius 2 is 1.73 bits per heavy atom. The minimum Gasteiger partial charge on any atom is -0.308 e. The zero-order valence-corrected chi connectivity index (χ0v) is 15.0. The van der Waals surface area contributed by atoms with E-state index in [9.17, 15) is 4.79 Å². The first-order chi connectivity index (χ1) is 10.2. The summed E-state index contributed by atoms with van der Waals surface area (Å²) in [6.07, 6.45) is 3.52. The molecular weight excluding hydrogens is 296 g/mol. The summed E-state index contributed by atoms with van der Waals surface area (Å²) in [6, 6.07) is 7.46. The fourth-order valence-electron chi connectivity index (χ4n) is 2.17. The number of halogens is 1. The highest BCUT2D eigenvalue weighted by atomic mass is 35.5. The lowest BCUT2D eigenvalue weighted by Gasteiger charge is -2.28. The van der Waals surface area contributed by atoms with Crippen LogP contribution in [-0.2, 0) is 4.79 Å². The number of likely N-dealkylation sites (N-methyl/N-ethyl adjacent to an activating group) is 2. The van der Waals surface area contributed by atoms with Crippen LogP contribution in [0.5, 0.6) is 0 Å². The molecule has 0 radical (unpaired) electrons. The van der Waals surface area contributed by atoms with Crippen LogP contribution < -0.4 is 0 Å². The second-order valence-electron chi connectivity index (χ2n) is 6.67. The van der Waals surface area contributed by atoms with Crippen LogP contribution in [-0.4, -0.2) is 56.4 Å². The predicted molar refractivity (Wildman–Crippen MR) is 95.3 cm³/mol. The highest BCUT2D eigenvalue weighted by Crippen LogP contribution is 2.20. The van der Waals surface area contributed by atoms with Crippen LogP contribution in [0.3, 0.4) is 0 Å². The van der Waals surface area contributed by atoms with Gasteiger partial charge in [-0.1, -0.05) is 43.7 Å². The van der Waals surface area contributed by atoms with E-state index in [-0.39, 0.29) is 5.78 Å². The van der Waals surface area contributed by atoms with Crippen molar-refractivity contribution in [2.75, 3.05) is 40.8 Å². The molecule has 0 saturated heterocycles. The molecule has 0 heterocycles. The van der Waals surface area contributed by atoms with Crippen LogP contribution >= 0.6 is 11.6 Å². The minimum atomic E-state index is -0.399. The number of rotatable bonds is 8. The molecule has 4 heteroatoms. The smallest absolute Gasteiger partial charge is 0.162 e. The molecule has 0 saturated carbocycles. The minimum absolute atomic E-state index is 0.138. The molecule has 0 aliphatic heterocycles. The summed E-state index contributed by atoms with van der Waals surface area (Å²) in [5, 5.41) is 0.700. The molecule has 1 rings (SSSR count). The molecule has 0 unspecified atom stereocenters. The molecule has 22 heavy (non-hydrogen) atoms. The van der Waals surface area contributed by atoms with Gasteiger partial charge >= 0.3 is 0 Å². The van der Waals surface area contributed by atoms with E-state index in [1.807, 2.05) is 44.2 Å². The van der Waals surface area contributed by atoms with Crippen molar-refractivity contribution in [2.24, 2.45) is 5.41 Å². The first-order valence-electron chi connectivity index (χ1n) is 7.52. The molecule has 0 atom stereocenters. The molecule has 1 aromatic carbocycles. The van der Waals surface area contributed by atoms with Crippen molar-refractivity contribution in [3.63, 3.8) is 0 Å². The summed E-state index contributed by atoms with van der Waals surface area (Å²) in [4.78, 5) is 16.8. The van der Waals surface area contributed by atoms with Crippen molar-refractivity contribution in [1.29, 1.82) is 0 Å². The van der Waals surface area contributed by atoms with E-state index in [2.05, 4.69) is 30.9 Å². The molecule has 0 aliphatic carbocycles. The van der Waals surface area contributed by atoms with E-state index in [4.69, 9.17) is 11.6 Å². The van der Waals surface area contributed by atoms with Gasteiger partial charge in [-0.3, -0.25) is 4.79 Å². The predicted octanol–water partition coefficient (Wildman–Crippen LogP) is 3.44. The van der Waals surface area contributed by atoms with Crippen LogP contribution in [0, 0.1) is 5.41 Å². The lowest BCUT2D eigenvalue weighted by Crippen LogP contribution is -2.39. The molecule has 1 aromatic rings. The fraction of sp³-hybridized carbons (Fsp3) is 0.500. The molecule has 122 valence electrons. The standard InChI is InChI=1S/C18H27ClN2O/c1-18(2,14-21(5)13-12-20(3)4)17(22)11-8-15-6-9-16(19)10-7-15/h6-11H,12-14H2,1-5H3. The van der Waals surface area contributed by atoms with Gasteiger partial charge in [-0.15, -0.1) is 0 Å². The van der Waals surface area contributed by atoms with E-state index in [1.165, 1.54) is 0 Å². The topological polar surface area (TPSA) is 23.6 Å². The van der Waals surface area contributed by atoms with Gasteiger partial charge in [-0.25, -0.2) is 0 Å². The van der Waals surface area contributed by atoms with Crippen LogP contribution in [0.25, 0.3) is 6.08 Å². The summed E-state index contributed by atoms with van der Waals surface area (Å²) in [5.41, 5.74) is 0.582. The average Bonchev–Trinajstić information content (AvgIpc) is 2.43. The summed E-state index contributed by atoms with van der Waals surface area (Å²) in [7, 11) is 6.17. The van der Waals surface area contributed by atoms with E-state index >= 15 is 0 Å². The zero-order chi connectivity index (χ0) is 16.8. The van der Waals surface area contributed by atoms with Crippen molar-refractivity contribution in [3.8, 4) is 0 Å². The molecule has 3 nitrogen and oxygen atoms in total. The van der Waals surface area contributed by atoms with Crippen LogP contribution in [0.2, 0.25) is 5.02 Å². The molecule has 0 N–H and O–H groups in total. The van der Waals surface area contributed by atoms with Crippen molar-refractivity contribution in [3.05, 3.63) is 40.9 Å². The Labute approximate surface area is 139 Å². The molecule has 0 spiro atoms. The number of hydrogen-bond donors (Lipinski definition) is 0. The van der Waals surface area contributed by atoms with Gasteiger partial charge in [0.2, 0.25) is 0 Å². The first kappa shape index (κ1) is 18.9. The molecule has 0 fully saturated rings. The van der Waals surface area contributed by atoms with Crippen LogP contribution in [0.15, 0.2) is 30.3 Å². The van der Waals surface area contributed by atoms with E-state index in [0.717, 1.165) is 25.2 Å². The van der Waals surface area contributed by atoms with E-state index in [1.54, 1.807) is 6.08 Å². The maximum absolute atomic E-state index is 12.4. The maximum atomic E-state index is 12.4. The van der Waals surface area contributed by atoms with Gasteiger partial charge in [0.25, 0.3) is 0 Å². The number of carbonyl (C=O) groups excluding carboxylic acids is 1. The summed E-state index contributed by atoms with van der Waals surface area (Å²) in [6.45, 7) is 6.66. The Morgan fingerprint density at radius 1 is 1.14 bits per heavy atom. The Balaban J connectivity index is 2.59. The number of carbonyl (C=O) groups is 1. The first-order valence-corrected chi connectivity index (χ1v) is 7.90. The monoisotopic (exact) mass is 322 g/mol. The maximum Gasteiger partial charge on any atom is 0.162 e. The van der Waals surface area contributed by atoms with Crippen molar-refractivity contribution in [1.82, 2.24) is 9.80 Å². The lowest BCUT2D eigenvalue weighted by molar-refractivity contribution is -0.122. The summed E-state index contributed by atoms with van der Waals surface area (Å²) >= 11 is 5.86. The van der Waals surface area contributed by atoms with E-state index < -0.39 is 5.41 Å². The van der Waals surface area contributed by atoms with Gasteiger partial charge in [0.1, 0.15) is 0 Å². The Kier molecular flexibility index (Phi) is 7.27. The third kappa shape index (κ3) is 6.73. The quantitative estimate of drug-likeness (QED) is 0.685. The third-order valence-corrected chi connectivity index (χ3v) is 3.81. The highest BCUT2D eigenvalue weighted by molar-refractivity contribution is 6.30. The highest BCUT2D eigenvalue weighted by Gasteiger charge is 2.26. The Bertz CT molecular complexity index is 506. The number of hydrogen-bond acceptors (Lipinski definition) is 3. The largest absolute Gasteiger partial charge is 0.308 e. The summed E-state index contributed by atoms with van der Waals surface area (Å²) < 4.78 is 0. The Morgan fingerprint density at radius 3 is 2.27 bits per heavy atom. The molecule has 0 bridgehead atoms. The number of nitrogens with zero attached hydrogens (tertiary/aromatic N) is 2. The normalized spacial score (nSPS) is 12.5. The number of ketones is 1. The number of allylic oxidation sites excluding steroid dienone is 1. The van der Waals surface area contributed by atoms with Crippen molar-refractivity contribution in [2.45, 2.75) is 13.8 Å². The third-order valence-electron chi connectivity index (χ3n) is 3.56.